The Morgan fingerprint density at radius 1 is 1.07 bits per heavy atom. The fourth-order valence-electron chi connectivity index (χ4n) is 3.83. The Bertz CT molecular complexity index is 1160. The van der Waals surface area contributed by atoms with Crippen LogP contribution in [0.2, 0.25) is 0 Å². The molecule has 0 unspecified atom stereocenters. The summed E-state index contributed by atoms with van der Waals surface area (Å²) in [6, 6.07) is 12.0. The molecule has 1 fully saturated rings. The molecular formula is C22H24N6O2. The number of aryl methyl sites for hydroxylation is 2. The summed E-state index contributed by atoms with van der Waals surface area (Å²) in [6.45, 7) is 5.95. The molecule has 3 aromatic heterocycles. The van der Waals surface area contributed by atoms with Crippen LogP contribution >= 0.6 is 0 Å². The monoisotopic (exact) mass is 404 g/mol. The van der Waals surface area contributed by atoms with Crippen LogP contribution in [0.3, 0.4) is 0 Å². The maximum atomic E-state index is 5.97. The van der Waals surface area contributed by atoms with Crippen molar-refractivity contribution in [3.63, 3.8) is 0 Å². The van der Waals surface area contributed by atoms with Gasteiger partial charge in [-0.15, -0.1) is 5.10 Å². The van der Waals surface area contributed by atoms with Crippen molar-refractivity contribution in [2.75, 3.05) is 18.5 Å². The van der Waals surface area contributed by atoms with Crippen LogP contribution in [0.25, 0.3) is 17.2 Å². The number of oxazole rings is 1. The van der Waals surface area contributed by atoms with Gasteiger partial charge in [-0.2, -0.15) is 9.50 Å². The van der Waals surface area contributed by atoms with Crippen LogP contribution in [0.15, 0.2) is 40.8 Å². The van der Waals surface area contributed by atoms with Gasteiger partial charge in [0.2, 0.25) is 11.8 Å². The largest absolute Gasteiger partial charge is 0.439 e. The molecule has 1 aliphatic heterocycles. The highest BCUT2D eigenvalue weighted by Gasteiger charge is 2.21. The first-order valence-electron chi connectivity index (χ1n) is 10.2. The van der Waals surface area contributed by atoms with E-state index in [1.54, 1.807) is 0 Å². The third-order valence-electron chi connectivity index (χ3n) is 5.43. The van der Waals surface area contributed by atoms with Crippen molar-refractivity contribution in [3.05, 3.63) is 59.2 Å². The van der Waals surface area contributed by atoms with Crippen molar-refractivity contribution >= 4 is 11.7 Å². The summed E-state index contributed by atoms with van der Waals surface area (Å²) in [5.74, 6) is 2.92. The average Bonchev–Trinajstić information content (AvgIpc) is 3.35. The molecule has 1 aromatic carbocycles. The number of nitrogens with zero attached hydrogens (tertiary/aromatic N) is 5. The summed E-state index contributed by atoms with van der Waals surface area (Å²) in [6.07, 6.45) is 1.97. The van der Waals surface area contributed by atoms with E-state index in [-0.39, 0.29) is 0 Å². The lowest BCUT2D eigenvalue weighted by Gasteiger charge is -2.22. The van der Waals surface area contributed by atoms with Gasteiger partial charge in [0.25, 0.3) is 5.78 Å². The molecule has 4 aromatic rings. The molecule has 1 saturated heterocycles. The first-order chi connectivity index (χ1) is 14.7. The van der Waals surface area contributed by atoms with Crippen LogP contribution in [0.5, 0.6) is 0 Å². The molecule has 1 aliphatic rings. The molecule has 1 N–H and O–H groups in total. The summed E-state index contributed by atoms with van der Waals surface area (Å²) in [4.78, 5) is 13.7. The number of fused-ring (bicyclic) bond motifs is 1. The van der Waals surface area contributed by atoms with Crippen molar-refractivity contribution in [1.82, 2.24) is 24.6 Å². The van der Waals surface area contributed by atoms with Gasteiger partial charge in [-0.1, -0.05) is 18.2 Å². The van der Waals surface area contributed by atoms with Gasteiger partial charge in [0.05, 0.1) is 17.9 Å². The molecule has 5 rings (SSSR count). The Balaban J connectivity index is 1.38. The van der Waals surface area contributed by atoms with E-state index in [1.165, 1.54) is 0 Å². The summed E-state index contributed by atoms with van der Waals surface area (Å²) in [5, 5.41) is 7.93. The Kier molecular flexibility index (Phi) is 4.92. The number of rotatable bonds is 5. The lowest BCUT2D eigenvalue weighted by Crippen LogP contribution is -2.17. The molecule has 4 heterocycles. The lowest BCUT2D eigenvalue weighted by molar-refractivity contribution is 0.0840. The van der Waals surface area contributed by atoms with Gasteiger partial charge in [0.15, 0.2) is 0 Å². The number of ether oxygens (including phenoxy) is 1. The summed E-state index contributed by atoms with van der Waals surface area (Å²) >= 11 is 0. The van der Waals surface area contributed by atoms with Crippen LogP contribution in [0.4, 0.5) is 5.95 Å². The molecule has 0 bridgehead atoms. The quantitative estimate of drug-likeness (QED) is 0.539. The van der Waals surface area contributed by atoms with Crippen LogP contribution in [0, 0.1) is 13.8 Å². The van der Waals surface area contributed by atoms with E-state index in [0.717, 1.165) is 54.5 Å². The van der Waals surface area contributed by atoms with Crippen molar-refractivity contribution in [2.45, 2.75) is 39.2 Å². The summed E-state index contributed by atoms with van der Waals surface area (Å²) < 4.78 is 13.3. The van der Waals surface area contributed by atoms with Crippen LogP contribution in [0.1, 0.15) is 41.6 Å². The predicted molar refractivity (Wildman–Crippen MR) is 112 cm³/mol. The van der Waals surface area contributed by atoms with E-state index in [4.69, 9.17) is 9.15 Å². The summed E-state index contributed by atoms with van der Waals surface area (Å²) in [5.41, 5.74) is 3.89. The Hall–Kier alpha value is -3.26. The Labute approximate surface area is 174 Å². The summed E-state index contributed by atoms with van der Waals surface area (Å²) in [7, 11) is 0. The van der Waals surface area contributed by atoms with Gasteiger partial charge in [-0.25, -0.2) is 9.97 Å². The zero-order valence-corrected chi connectivity index (χ0v) is 17.1. The molecule has 8 nitrogen and oxygen atoms in total. The van der Waals surface area contributed by atoms with Gasteiger partial charge < -0.3 is 14.5 Å². The highest BCUT2D eigenvalue weighted by molar-refractivity contribution is 5.53. The second-order valence-corrected chi connectivity index (χ2v) is 7.60. The third kappa shape index (κ3) is 3.66. The third-order valence-corrected chi connectivity index (χ3v) is 5.43. The van der Waals surface area contributed by atoms with Gasteiger partial charge in [0, 0.05) is 30.4 Å². The van der Waals surface area contributed by atoms with Crippen molar-refractivity contribution in [1.29, 1.82) is 0 Å². The minimum atomic E-state index is 0.405. The fourth-order valence-corrected chi connectivity index (χ4v) is 3.83. The molecule has 8 heteroatoms. The average molecular weight is 404 g/mol. The van der Waals surface area contributed by atoms with E-state index in [2.05, 4.69) is 31.4 Å². The van der Waals surface area contributed by atoms with Gasteiger partial charge >= 0.3 is 0 Å². The van der Waals surface area contributed by atoms with Crippen molar-refractivity contribution in [2.24, 2.45) is 0 Å². The minimum Gasteiger partial charge on any atom is -0.439 e. The van der Waals surface area contributed by atoms with E-state index < -0.39 is 0 Å². The highest BCUT2D eigenvalue weighted by atomic mass is 16.5. The Morgan fingerprint density at radius 3 is 2.67 bits per heavy atom. The van der Waals surface area contributed by atoms with Gasteiger partial charge in [-0.05, 0) is 44.9 Å². The predicted octanol–water partition coefficient (Wildman–Crippen LogP) is 3.90. The van der Waals surface area contributed by atoms with Crippen LogP contribution in [-0.4, -0.2) is 37.8 Å². The first kappa shape index (κ1) is 18.7. The fraction of sp³-hybridized carbons (Fsp3) is 0.364. The second kappa shape index (κ2) is 7.87. The number of anilines is 1. The van der Waals surface area contributed by atoms with E-state index in [0.29, 0.717) is 30.1 Å². The molecule has 0 saturated carbocycles. The first-order valence-corrected chi connectivity index (χ1v) is 10.2. The van der Waals surface area contributed by atoms with E-state index in [1.807, 2.05) is 48.7 Å². The minimum absolute atomic E-state index is 0.405. The molecule has 0 amide bonds. The number of nitrogens with one attached hydrogen (secondary N) is 1. The van der Waals surface area contributed by atoms with Crippen molar-refractivity contribution < 1.29 is 9.15 Å². The number of benzene rings is 1. The van der Waals surface area contributed by atoms with Crippen LogP contribution in [-0.2, 0) is 11.3 Å². The molecule has 154 valence electrons. The Morgan fingerprint density at radius 2 is 1.87 bits per heavy atom. The maximum Gasteiger partial charge on any atom is 0.254 e. The molecule has 0 atom stereocenters. The highest BCUT2D eigenvalue weighted by Crippen LogP contribution is 2.28. The molecular weight excluding hydrogens is 380 g/mol. The van der Waals surface area contributed by atoms with Crippen LogP contribution < -0.4 is 5.32 Å². The van der Waals surface area contributed by atoms with E-state index in [9.17, 15) is 0 Å². The SMILES string of the molecule is Cc1cc(C2CCOCC2)n2nc(NCc3oc(-c4ccccc4)nc3C)nc2n1. The molecule has 0 spiro atoms. The number of aromatic nitrogens is 5. The second-order valence-electron chi connectivity index (χ2n) is 7.60. The maximum absolute atomic E-state index is 5.97. The van der Waals surface area contributed by atoms with Gasteiger partial charge in [-0.3, -0.25) is 0 Å². The lowest BCUT2D eigenvalue weighted by atomic mass is 9.96. The topological polar surface area (TPSA) is 90.4 Å². The normalized spacial score (nSPS) is 15.0. The molecule has 0 radical (unpaired) electrons. The molecule has 0 aliphatic carbocycles. The molecule has 30 heavy (non-hydrogen) atoms. The number of hydrogen-bond acceptors (Lipinski definition) is 7. The zero-order valence-electron chi connectivity index (χ0n) is 17.1. The smallest absolute Gasteiger partial charge is 0.254 e. The standard InChI is InChI=1S/C22H24N6O2/c1-14-12-18(16-8-10-29-11-9-16)28-22(24-14)26-21(27-28)23-13-19-15(2)25-20(30-19)17-6-4-3-5-7-17/h3-7,12,16H,8-11,13H2,1-2H3,(H,23,27). The zero-order chi connectivity index (χ0) is 20.5. The van der Waals surface area contributed by atoms with Crippen molar-refractivity contribution in [3.8, 4) is 11.5 Å². The number of hydrogen-bond donors (Lipinski definition) is 1. The van der Waals surface area contributed by atoms with Gasteiger partial charge in [0.1, 0.15) is 5.76 Å². The van der Waals surface area contributed by atoms with E-state index >= 15 is 0 Å².